The zero-order chi connectivity index (χ0) is 13.9. The summed E-state index contributed by atoms with van der Waals surface area (Å²) in [5, 5.41) is 0. The minimum atomic E-state index is -3.14. The number of hydrogen-bond donors (Lipinski definition) is 1. The third-order valence-electron chi connectivity index (χ3n) is 2.92. The molecule has 0 spiro atoms. The van der Waals surface area contributed by atoms with Gasteiger partial charge in [0.1, 0.15) is 5.82 Å². The molecule has 0 saturated carbocycles. The van der Waals surface area contributed by atoms with Crippen LogP contribution in [0.1, 0.15) is 17.5 Å². The SMILES string of the molecule is NCC#Cc1cc(CN2CCCS2(=O)=O)ccc1F. The van der Waals surface area contributed by atoms with Crippen LogP contribution in [0.5, 0.6) is 0 Å². The van der Waals surface area contributed by atoms with Crippen LogP contribution >= 0.6 is 0 Å². The molecule has 6 heteroatoms. The van der Waals surface area contributed by atoms with Crippen molar-refractivity contribution in [3.8, 4) is 11.8 Å². The molecule has 0 amide bonds. The molecule has 1 fully saturated rings. The van der Waals surface area contributed by atoms with E-state index in [9.17, 15) is 12.8 Å². The highest BCUT2D eigenvalue weighted by Gasteiger charge is 2.28. The van der Waals surface area contributed by atoms with Crippen molar-refractivity contribution < 1.29 is 12.8 Å². The average molecular weight is 282 g/mol. The smallest absolute Gasteiger partial charge is 0.214 e. The lowest BCUT2D eigenvalue weighted by Gasteiger charge is -2.14. The molecule has 0 atom stereocenters. The third-order valence-corrected chi connectivity index (χ3v) is 4.82. The number of nitrogens with two attached hydrogens (primary N) is 1. The van der Waals surface area contributed by atoms with Crippen molar-refractivity contribution in [3.63, 3.8) is 0 Å². The molecule has 2 N–H and O–H groups in total. The van der Waals surface area contributed by atoms with Gasteiger partial charge < -0.3 is 5.73 Å². The van der Waals surface area contributed by atoms with Crippen LogP contribution in [0.15, 0.2) is 18.2 Å². The molecule has 2 rings (SSSR count). The highest BCUT2D eigenvalue weighted by Crippen LogP contribution is 2.18. The molecule has 1 aromatic carbocycles. The van der Waals surface area contributed by atoms with Crippen LogP contribution in [0.2, 0.25) is 0 Å². The maximum atomic E-state index is 13.5. The lowest BCUT2D eigenvalue weighted by atomic mass is 10.1. The first kappa shape index (κ1) is 14.0. The van der Waals surface area contributed by atoms with Crippen molar-refractivity contribution in [2.75, 3.05) is 18.8 Å². The lowest BCUT2D eigenvalue weighted by molar-refractivity contribution is 0.439. The normalized spacial score (nSPS) is 18.0. The van der Waals surface area contributed by atoms with Crippen molar-refractivity contribution in [1.82, 2.24) is 4.31 Å². The van der Waals surface area contributed by atoms with Crippen molar-refractivity contribution in [2.24, 2.45) is 5.73 Å². The Morgan fingerprint density at radius 3 is 2.84 bits per heavy atom. The lowest BCUT2D eigenvalue weighted by Crippen LogP contribution is -2.25. The summed E-state index contributed by atoms with van der Waals surface area (Å²) in [6.45, 7) is 0.938. The van der Waals surface area contributed by atoms with Gasteiger partial charge in [0.05, 0.1) is 17.9 Å². The van der Waals surface area contributed by atoms with Gasteiger partial charge in [0.15, 0.2) is 0 Å². The van der Waals surface area contributed by atoms with Crippen molar-refractivity contribution in [2.45, 2.75) is 13.0 Å². The molecular weight excluding hydrogens is 267 g/mol. The molecule has 1 saturated heterocycles. The van der Waals surface area contributed by atoms with E-state index in [0.717, 1.165) is 5.56 Å². The largest absolute Gasteiger partial charge is 0.320 e. The van der Waals surface area contributed by atoms with E-state index in [2.05, 4.69) is 11.8 Å². The fourth-order valence-electron chi connectivity index (χ4n) is 1.99. The summed E-state index contributed by atoms with van der Waals surface area (Å²) in [5.74, 6) is 5.00. The topological polar surface area (TPSA) is 63.4 Å². The summed E-state index contributed by atoms with van der Waals surface area (Å²) < 4.78 is 38.3. The second-order valence-electron chi connectivity index (χ2n) is 4.32. The molecular formula is C13H15FN2O2S. The van der Waals surface area contributed by atoms with Crippen molar-refractivity contribution >= 4 is 10.0 Å². The standard InChI is InChI=1S/C13H15FN2O2S/c14-13-5-4-11(9-12(13)3-1-6-15)10-16-7-2-8-19(16,17)18/h4-5,9H,2,6-8,10,15H2. The molecule has 1 heterocycles. The zero-order valence-corrected chi connectivity index (χ0v) is 11.2. The van der Waals surface area contributed by atoms with E-state index in [1.54, 1.807) is 12.1 Å². The molecule has 0 radical (unpaired) electrons. The Hall–Kier alpha value is -1.42. The van der Waals surface area contributed by atoms with Crippen molar-refractivity contribution in [3.05, 3.63) is 35.1 Å². The van der Waals surface area contributed by atoms with Gasteiger partial charge in [0.25, 0.3) is 0 Å². The minimum Gasteiger partial charge on any atom is -0.320 e. The number of benzene rings is 1. The first-order chi connectivity index (χ1) is 9.03. The van der Waals surface area contributed by atoms with E-state index < -0.39 is 15.8 Å². The van der Waals surface area contributed by atoms with Gasteiger partial charge in [-0.25, -0.2) is 12.8 Å². The molecule has 0 aromatic heterocycles. The van der Waals surface area contributed by atoms with Gasteiger partial charge in [-0.15, -0.1) is 0 Å². The molecule has 1 aliphatic heterocycles. The second kappa shape index (κ2) is 5.70. The Balaban J connectivity index is 2.22. The van der Waals surface area contributed by atoms with E-state index in [1.807, 2.05) is 0 Å². The van der Waals surface area contributed by atoms with E-state index in [1.165, 1.54) is 10.4 Å². The van der Waals surface area contributed by atoms with Gasteiger partial charge in [-0.05, 0) is 24.1 Å². The van der Waals surface area contributed by atoms with Crippen molar-refractivity contribution in [1.29, 1.82) is 0 Å². The number of hydrogen-bond acceptors (Lipinski definition) is 3. The quantitative estimate of drug-likeness (QED) is 0.811. The van der Waals surface area contributed by atoms with E-state index in [4.69, 9.17) is 5.73 Å². The molecule has 1 aliphatic rings. The van der Waals surface area contributed by atoms with Gasteiger partial charge >= 0.3 is 0 Å². The highest BCUT2D eigenvalue weighted by atomic mass is 32.2. The molecule has 19 heavy (non-hydrogen) atoms. The number of nitrogens with zero attached hydrogens (tertiary/aromatic N) is 1. The fourth-order valence-corrected chi connectivity index (χ4v) is 3.49. The van der Waals surface area contributed by atoms with Crippen LogP contribution in [0, 0.1) is 17.7 Å². The maximum Gasteiger partial charge on any atom is 0.214 e. The monoisotopic (exact) mass is 282 g/mol. The number of sulfonamides is 1. The molecule has 4 nitrogen and oxygen atoms in total. The molecule has 102 valence electrons. The van der Waals surface area contributed by atoms with Crippen LogP contribution in [0.25, 0.3) is 0 Å². The molecule has 1 aromatic rings. The van der Waals surface area contributed by atoms with Crippen LogP contribution < -0.4 is 5.73 Å². The summed E-state index contributed by atoms with van der Waals surface area (Å²) in [4.78, 5) is 0. The van der Waals surface area contributed by atoms with Crippen LogP contribution in [-0.2, 0) is 16.6 Å². The van der Waals surface area contributed by atoms with Gasteiger partial charge in [-0.3, -0.25) is 0 Å². The maximum absolute atomic E-state index is 13.5. The average Bonchev–Trinajstić information content (AvgIpc) is 2.69. The predicted octanol–water partition coefficient (Wildman–Crippen LogP) is 0.671. The van der Waals surface area contributed by atoms with Crippen LogP contribution in [0.4, 0.5) is 4.39 Å². The minimum absolute atomic E-state index is 0.157. The number of halogens is 1. The first-order valence-corrected chi connectivity index (χ1v) is 7.59. The Bertz CT molecular complexity index is 632. The first-order valence-electron chi connectivity index (χ1n) is 5.98. The summed E-state index contributed by atoms with van der Waals surface area (Å²) in [7, 11) is -3.14. The van der Waals surface area contributed by atoms with Gasteiger partial charge in [0.2, 0.25) is 10.0 Å². The second-order valence-corrected chi connectivity index (χ2v) is 6.41. The molecule has 0 aliphatic carbocycles. The highest BCUT2D eigenvalue weighted by molar-refractivity contribution is 7.89. The van der Waals surface area contributed by atoms with E-state index in [-0.39, 0.29) is 24.4 Å². The third kappa shape index (κ3) is 3.32. The summed E-state index contributed by atoms with van der Waals surface area (Å²) in [5.41, 5.74) is 6.23. The number of rotatable bonds is 2. The van der Waals surface area contributed by atoms with E-state index >= 15 is 0 Å². The Morgan fingerprint density at radius 2 is 2.21 bits per heavy atom. The van der Waals surface area contributed by atoms with Gasteiger partial charge in [0, 0.05) is 13.1 Å². The summed E-state index contributed by atoms with van der Waals surface area (Å²) in [6.07, 6.45) is 0.642. The fraction of sp³-hybridized carbons (Fsp3) is 0.385. The molecule has 0 unspecified atom stereocenters. The van der Waals surface area contributed by atoms with E-state index in [0.29, 0.717) is 13.0 Å². The Labute approximate surface area is 112 Å². The Kier molecular flexibility index (Phi) is 4.20. The predicted molar refractivity (Wildman–Crippen MR) is 71.1 cm³/mol. The zero-order valence-electron chi connectivity index (χ0n) is 10.4. The van der Waals surface area contributed by atoms with Crippen LogP contribution in [-0.4, -0.2) is 31.6 Å². The van der Waals surface area contributed by atoms with Gasteiger partial charge in [-0.2, -0.15) is 4.31 Å². The summed E-state index contributed by atoms with van der Waals surface area (Å²) in [6, 6.07) is 4.46. The van der Waals surface area contributed by atoms with Gasteiger partial charge in [-0.1, -0.05) is 17.9 Å². The summed E-state index contributed by atoms with van der Waals surface area (Å²) >= 11 is 0. The molecule has 0 bridgehead atoms. The Morgan fingerprint density at radius 1 is 1.42 bits per heavy atom. The van der Waals surface area contributed by atoms with Crippen LogP contribution in [0.3, 0.4) is 0 Å².